The highest BCUT2D eigenvalue weighted by atomic mass is 79.9. The Kier molecular flexibility index (Phi) is 3.61. The maximum Gasteiger partial charge on any atom is 0.134 e. The number of nitrogens with one attached hydrogen (secondary N) is 1. The van der Waals surface area contributed by atoms with Gasteiger partial charge in [-0.15, -0.1) is 0 Å². The van der Waals surface area contributed by atoms with E-state index in [1.807, 2.05) is 6.20 Å². The average Bonchev–Trinajstić information content (AvgIpc) is 2.54. The zero-order valence-electron chi connectivity index (χ0n) is 14.5. The first kappa shape index (κ1) is 15.9. The molecule has 0 amide bonds. The van der Waals surface area contributed by atoms with E-state index in [2.05, 4.69) is 83.4 Å². The summed E-state index contributed by atoms with van der Waals surface area (Å²) in [6.07, 6.45) is 5.33. The van der Waals surface area contributed by atoms with E-state index in [0.717, 1.165) is 23.1 Å². The van der Waals surface area contributed by atoms with Gasteiger partial charge in [-0.05, 0) is 60.9 Å². The van der Waals surface area contributed by atoms with Gasteiger partial charge in [0.1, 0.15) is 5.82 Å². The minimum absolute atomic E-state index is 0.121. The van der Waals surface area contributed by atoms with Crippen molar-refractivity contribution in [3.8, 4) is 0 Å². The van der Waals surface area contributed by atoms with Gasteiger partial charge in [0.05, 0.1) is 0 Å². The van der Waals surface area contributed by atoms with Gasteiger partial charge in [-0.25, -0.2) is 4.98 Å². The van der Waals surface area contributed by atoms with Crippen LogP contribution in [0.4, 0.5) is 5.82 Å². The predicted octanol–water partition coefficient (Wildman–Crippen LogP) is 6.04. The van der Waals surface area contributed by atoms with Gasteiger partial charge in [0.15, 0.2) is 0 Å². The number of rotatable bonds is 1. The van der Waals surface area contributed by atoms with E-state index in [1.54, 1.807) is 0 Å². The van der Waals surface area contributed by atoms with Crippen LogP contribution >= 0.6 is 15.9 Å². The van der Waals surface area contributed by atoms with Gasteiger partial charge < -0.3 is 5.32 Å². The maximum atomic E-state index is 4.64. The number of pyridine rings is 1. The molecule has 2 heterocycles. The largest absolute Gasteiger partial charge is 0.344 e. The maximum absolute atomic E-state index is 4.64. The number of benzene rings is 1. The lowest BCUT2D eigenvalue weighted by Gasteiger charge is -2.45. The fourth-order valence-electron chi connectivity index (χ4n) is 4.30. The molecule has 1 aliphatic carbocycles. The minimum atomic E-state index is -0.121. The van der Waals surface area contributed by atoms with E-state index in [4.69, 9.17) is 0 Å². The molecule has 1 aliphatic heterocycles. The summed E-state index contributed by atoms with van der Waals surface area (Å²) in [6, 6.07) is 13.0. The van der Waals surface area contributed by atoms with Crippen LogP contribution in [0, 0.1) is 5.41 Å². The van der Waals surface area contributed by atoms with Crippen LogP contribution in [0.3, 0.4) is 0 Å². The molecule has 4 rings (SSSR count). The molecule has 24 heavy (non-hydrogen) atoms. The Morgan fingerprint density at radius 1 is 1.12 bits per heavy atom. The zero-order chi connectivity index (χ0) is 16.9. The lowest BCUT2D eigenvalue weighted by atomic mass is 9.62. The monoisotopic (exact) mass is 382 g/mol. The highest BCUT2D eigenvalue weighted by Crippen LogP contribution is 2.53. The van der Waals surface area contributed by atoms with Crippen LogP contribution in [-0.2, 0) is 5.41 Å². The van der Waals surface area contributed by atoms with E-state index in [-0.39, 0.29) is 5.41 Å². The van der Waals surface area contributed by atoms with Crippen molar-refractivity contribution in [1.82, 2.24) is 4.98 Å². The van der Waals surface area contributed by atoms with Gasteiger partial charge >= 0.3 is 0 Å². The molecular weight excluding hydrogens is 360 g/mol. The van der Waals surface area contributed by atoms with Crippen LogP contribution in [0.15, 0.2) is 58.3 Å². The van der Waals surface area contributed by atoms with Crippen LogP contribution < -0.4 is 5.32 Å². The van der Waals surface area contributed by atoms with Crippen LogP contribution in [0.5, 0.6) is 0 Å². The summed E-state index contributed by atoms with van der Waals surface area (Å²) in [5, 5.41) is 3.65. The Morgan fingerprint density at radius 2 is 1.96 bits per heavy atom. The van der Waals surface area contributed by atoms with Gasteiger partial charge in [0, 0.05) is 27.3 Å². The van der Waals surface area contributed by atoms with Crippen LogP contribution in [-0.4, -0.2) is 4.98 Å². The molecule has 3 heteroatoms. The number of allylic oxidation sites excluding steroid dienone is 2. The van der Waals surface area contributed by atoms with Crippen molar-refractivity contribution in [2.45, 2.75) is 45.4 Å². The molecule has 0 saturated heterocycles. The zero-order valence-corrected chi connectivity index (χ0v) is 16.1. The van der Waals surface area contributed by atoms with Crippen molar-refractivity contribution in [1.29, 1.82) is 0 Å². The van der Waals surface area contributed by atoms with Crippen LogP contribution in [0.2, 0.25) is 0 Å². The molecule has 0 radical (unpaired) electrons. The van der Waals surface area contributed by atoms with Gasteiger partial charge in [0.2, 0.25) is 0 Å². The Bertz CT molecular complexity index is 837. The number of anilines is 1. The molecule has 0 spiro atoms. The number of hydrogen-bond donors (Lipinski definition) is 1. The average molecular weight is 383 g/mol. The molecule has 0 saturated carbocycles. The molecule has 0 bridgehead atoms. The molecule has 1 N–H and O–H groups in total. The Morgan fingerprint density at radius 3 is 2.75 bits per heavy atom. The topological polar surface area (TPSA) is 24.9 Å². The second-order valence-electron chi connectivity index (χ2n) is 7.96. The molecule has 2 aliphatic rings. The summed E-state index contributed by atoms with van der Waals surface area (Å²) in [7, 11) is 0. The van der Waals surface area contributed by atoms with Crippen molar-refractivity contribution in [3.05, 3.63) is 69.5 Å². The quantitative estimate of drug-likeness (QED) is 0.649. The van der Waals surface area contributed by atoms with Crippen molar-refractivity contribution in [2.75, 3.05) is 5.32 Å². The number of halogens is 1. The molecular formula is C21H23BrN2. The van der Waals surface area contributed by atoms with E-state index in [0.29, 0.717) is 5.41 Å². The first-order chi connectivity index (χ1) is 11.4. The summed E-state index contributed by atoms with van der Waals surface area (Å²) in [5.41, 5.74) is 5.74. The van der Waals surface area contributed by atoms with E-state index >= 15 is 0 Å². The molecule has 2 aromatic rings. The second-order valence-corrected chi connectivity index (χ2v) is 8.87. The van der Waals surface area contributed by atoms with Crippen molar-refractivity contribution in [3.63, 3.8) is 0 Å². The third-order valence-corrected chi connectivity index (χ3v) is 6.19. The third-order valence-electron chi connectivity index (χ3n) is 5.69. The summed E-state index contributed by atoms with van der Waals surface area (Å²) < 4.78 is 1.13. The molecule has 124 valence electrons. The molecule has 0 unspecified atom stereocenters. The minimum Gasteiger partial charge on any atom is -0.344 e. The second kappa shape index (κ2) is 5.45. The standard InChI is InChI=1S/C21H23BrN2/c1-20(2)10-9-16-18(13-20)24-19-17(8-5-11-23-19)21(16,3)14-6-4-7-15(22)12-14/h4-8,11-12H,9-10,13H2,1-3H3,(H,23,24)/t21-/m1/s1. The Balaban J connectivity index is 1.96. The molecule has 2 nitrogen and oxygen atoms in total. The summed E-state index contributed by atoms with van der Waals surface area (Å²) in [4.78, 5) is 4.64. The molecule has 0 fully saturated rings. The van der Waals surface area contributed by atoms with Gasteiger partial charge in [0.25, 0.3) is 0 Å². The predicted molar refractivity (Wildman–Crippen MR) is 103 cm³/mol. The fraction of sp³-hybridized carbons (Fsp3) is 0.381. The smallest absolute Gasteiger partial charge is 0.134 e. The Labute approximate surface area is 152 Å². The fourth-order valence-corrected chi connectivity index (χ4v) is 4.70. The SMILES string of the molecule is CC1(C)CCC2=C(C1)Nc1ncccc1[C@]2(C)c1cccc(Br)c1. The first-order valence-electron chi connectivity index (χ1n) is 8.61. The normalized spacial score (nSPS) is 24.8. The van der Waals surface area contributed by atoms with Crippen LogP contribution in [0.1, 0.15) is 51.2 Å². The van der Waals surface area contributed by atoms with Crippen molar-refractivity contribution < 1.29 is 0 Å². The third kappa shape index (κ3) is 2.41. The highest BCUT2D eigenvalue weighted by Gasteiger charge is 2.43. The van der Waals surface area contributed by atoms with Crippen LogP contribution in [0.25, 0.3) is 0 Å². The molecule has 1 aromatic heterocycles. The van der Waals surface area contributed by atoms with Gasteiger partial charge in [-0.1, -0.05) is 48.0 Å². The summed E-state index contributed by atoms with van der Waals surface area (Å²) in [6.45, 7) is 7.09. The first-order valence-corrected chi connectivity index (χ1v) is 9.40. The van der Waals surface area contributed by atoms with E-state index in [1.165, 1.54) is 28.8 Å². The van der Waals surface area contributed by atoms with Gasteiger partial charge in [-0.2, -0.15) is 0 Å². The molecule has 1 atom stereocenters. The summed E-state index contributed by atoms with van der Waals surface area (Å²) >= 11 is 3.65. The number of fused-ring (bicyclic) bond motifs is 1. The van der Waals surface area contributed by atoms with E-state index < -0.39 is 0 Å². The van der Waals surface area contributed by atoms with Gasteiger partial charge in [-0.3, -0.25) is 0 Å². The molecule has 1 aromatic carbocycles. The lowest BCUT2D eigenvalue weighted by molar-refractivity contribution is 0.302. The number of nitrogens with zero attached hydrogens (tertiary/aromatic N) is 1. The Hall–Kier alpha value is -1.61. The highest BCUT2D eigenvalue weighted by molar-refractivity contribution is 9.10. The van der Waals surface area contributed by atoms with Crippen molar-refractivity contribution in [2.24, 2.45) is 5.41 Å². The summed E-state index contributed by atoms with van der Waals surface area (Å²) in [5.74, 6) is 1.01. The number of hydrogen-bond acceptors (Lipinski definition) is 2. The van der Waals surface area contributed by atoms with Crippen molar-refractivity contribution >= 4 is 21.7 Å². The van der Waals surface area contributed by atoms with E-state index in [9.17, 15) is 0 Å². The lowest BCUT2D eigenvalue weighted by Crippen LogP contribution is -2.38. The number of aromatic nitrogens is 1.